The van der Waals surface area contributed by atoms with Gasteiger partial charge in [-0.15, -0.1) is 0 Å². The fourth-order valence-electron chi connectivity index (χ4n) is 3.60. The highest BCUT2D eigenvalue weighted by Gasteiger charge is 2.33. The number of rotatable bonds is 5. The van der Waals surface area contributed by atoms with E-state index in [9.17, 15) is 9.59 Å². The first-order valence-electron chi connectivity index (χ1n) is 9.30. The van der Waals surface area contributed by atoms with Crippen LogP contribution in [0.4, 0.5) is 4.79 Å². The third-order valence-electron chi connectivity index (χ3n) is 5.10. The van der Waals surface area contributed by atoms with Gasteiger partial charge in [0, 0.05) is 37.5 Å². The van der Waals surface area contributed by atoms with Gasteiger partial charge in [0.15, 0.2) is 0 Å². The molecule has 0 unspecified atom stereocenters. The Hall–Kier alpha value is -2.90. The van der Waals surface area contributed by atoms with E-state index in [-0.39, 0.29) is 18.0 Å². The zero-order chi connectivity index (χ0) is 18.6. The Morgan fingerprint density at radius 1 is 1.15 bits per heavy atom. The average Bonchev–Trinajstić information content (AvgIpc) is 3.36. The summed E-state index contributed by atoms with van der Waals surface area (Å²) in [6, 6.07) is 9.77. The van der Waals surface area contributed by atoms with Crippen molar-refractivity contribution < 1.29 is 18.8 Å². The van der Waals surface area contributed by atoms with Crippen molar-refractivity contribution in [1.29, 1.82) is 0 Å². The number of aromatic nitrogens is 2. The van der Waals surface area contributed by atoms with Gasteiger partial charge in [-0.25, -0.2) is 4.79 Å². The lowest BCUT2D eigenvalue weighted by Crippen LogP contribution is -2.47. The van der Waals surface area contributed by atoms with Crippen LogP contribution in [0.15, 0.2) is 34.9 Å². The van der Waals surface area contributed by atoms with Crippen LogP contribution in [0.1, 0.15) is 25.2 Å². The van der Waals surface area contributed by atoms with Crippen molar-refractivity contribution in [1.82, 2.24) is 19.9 Å². The number of piperidine rings is 1. The molecule has 0 atom stereocenters. The van der Waals surface area contributed by atoms with Gasteiger partial charge in [-0.3, -0.25) is 4.79 Å². The maximum atomic E-state index is 12.5. The van der Waals surface area contributed by atoms with Crippen molar-refractivity contribution >= 4 is 12.0 Å². The lowest BCUT2D eigenvalue weighted by Gasteiger charge is -2.35. The second-order valence-corrected chi connectivity index (χ2v) is 6.80. The van der Waals surface area contributed by atoms with E-state index in [0.717, 1.165) is 18.4 Å². The molecule has 0 radical (unpaired) electrons. The van der Waals surface area contributed by atoms with Crippen LogP contribution in [-0.4, -0.2) is 64.2 Å². The summed E-state index contributed by atoms with van der Waals surface area (Å²) >= 11 is 0. The number of hydrogen-bond acceptors (Lipinski definition) is 6. The molecule has 8 heteroatoms. The summed E-state index contributed by atoms with van der Waals surface area (Å²) < 4.78 is 10.3. The minimum Gasteiger partial charge on any atom is -0.448 e. The summed E-state index contributed by atoms with van der Waals surface area (Å²) in [6.07, 6.45) is 2.12. The van der Waals surface area contributed by atoms with Crippen LogP contribution in [0, 0.1) is 0 Å². The number of hydrogen-bond donors (Lipinski definition) is 0. The molecule has 0 spiro atoms. The average molecular weight is 370 g/mol. The minimum atomic E-state index is -0.231. The Morgan fingerprint density at radius 3 is 2.63 bits per heavy atom. The molecule has 0 aliphatic carbocycles. The molecule has 1 aromatic carbocycles. The maximum Gasteiger partial charge on any atom is 0.410 e. The molecule has 4 rings (SSSR count). The molecular formula is C19H22N4O4. The van der Waals surface area contributed by atoms with Gasteiger partial charge in [0.1, 0.15) is 6.61 Å². The molecule has 2 amide bonds. The Balaban J connectivity index is 1.26. The van der Waals surface area contributed by atoms with Crippen molar-refractivity contribution in [2.45, 2.75) is 31.7 Å². The van der Waals surface area contributed by atoms with E-state index in [4.69, 9.17) is 9.26 Å². The molecule has 0 saturated carbocycles. The van der Waals surface area contributed by atoms with Gasteiger partial charge in [-0.05, 0) is 12.8 Å². The largest absolute Gasteiger partial charge is 0.448 e. The van der Waals surface area contributed by atoms with Crippen molar-refractivity contribution in [3.05, 3.63) is 36.2 Å². The van der Waals surface area contributed by atoms with E-state index in [2.05, 4.69) is 10.1 Å². The van der Waals surface area contributed by atoms with Crippen LogP contribution in [0.2, 0.25) is 0 Å². The first kappa shape index (κ1) is 17.5. The lowest BCUT2D eigenvalue weighted by molar-refractivity contribution is -0.132. The fraction of sp³-hybridized carbons (Fsp3) is 0.474. The predicted octanol–water partition coefficient (Wildman–Crippen LogP) is 2.11. The summed E-state index contributed by atoms with van der Waals surface area (Å²) in [5, 5.41) is 3.98. The van der Waals surface area contributed by atoms with Gasteiger partial charge in [0.25, 0.3) is 0 Å². The Kier molecular flexibility index (Phi) is 5.04. The lowest BCUT2D eigenvalue weighted by atomic mass is 10.0. The zero-order valence-electron chi connectivity index (χ0n) is 15.0. The monoisotopic (exact) mass is 370 g/mol. The number of likely N-dealkylation sites (tertiary alicyclic amines) is 1. The summed E-state index contributed by atoms with van der Waals surface area (Å²) in [4.78, 5) is 32.1. The Labute approximate surface area is 157 Å². The van der Waals surface area contributed by atoms with E-state index in [0.29, 0.717) is 50.8 Å². The van der Waals surface area contributed by atoms with Crippen LogP contribution in [0.3, 0.4) is 0 Å². The van der Waals surface area contributed by atoms with Crippen molar-refractivity contribution in [2.75, 3.05) is 26.2 Å². The highest BCUT2D eigenvalue weighted by Crippen LogP contribution is 2.21. The second-order valence-electron chi connectivity index (χ2n) is 6.80. The van der Waals surface area contributed by atoms with Crippen LogP contribution >= 0.6 is 0 Å². The molecule has 8 nitrogen and oxygen atoms in total. The second kappa shape index (κ2) is 7.77. The zero-order valence-corrected chi connectivity index (χ0v) is 15.0. The summed E-state index contributed by atoms with van der Waals surface area (Å²) in [5.74, 6) is 1.09. The van der Waals surface area contributed by atoms with Crippen LogP contribution in [0.5, 0.6) is 0 Å². The smallest absolute Gasteiger partial charge is 0.410 e. The topological polar surface area (TPSA) is 88.8 Å². The number of carbonyl (C=O) groups excluding carboxylic acids is 2. The standard InChI is InChI=1S/C19H22N4O4/c24-17(22-10-8-15(9-11-22)23-12-13-26-19(23)25)7-6-16-20-18(21-27-16)14-4-2-1-3-5-14/h1-5,15H,6-13H2. The van der Waals surface area contributed by atoms with Crippen molar-refractivity contribution in [3.8, 4) is 11.4 Å². The number of benzene rings is 1. The predicted molar refractivity (Wildman–Crippen MR) is 95.7 cm³/mol. The maximum absolute atomic E-state index is 12.5. The van der Waals surface area contributed by atoms with Crippen LogP contribution in [0.25, 0.3) is 11.4 Å². The van der Waals surface area contributed by atoms with Gasteiger partial charge in [0.2, 0.25) is 17.6 Å². The van der Waals surface area contributed by atoms with E-state index in [1.165, 1.54) is 0 Å². The van der Waals surface area contributed by atoms with Gasteiger partial charge >= 0.3 is 6.09 Å². The molecule has 2 aliphatic rings. The molecule has 2 fully saturated rings. The molecule has 2 aliphatic heterocycles. The SMILES string of the molecule is O=C(CCc1nc(-c2ccccc2)no1)N1CCC(N2CCOC2=O)CC1. The van der Waals surface area contributed by atoms with Crippen LogP contribution < -0.4 is 0 Å². The molecule has 2 saturated heterocycles. The van der Waals surface area contributed by atoms with E-state index in [1.54, 1.807) is 4.90 Å². The van der Waals surface area contributed by atoms with Crippen LogP contribution in [-0.2, 0) is 16.0 Å². The van der Waals surface area contributed by atoms with E-state index >= 15 is 0 Å². The van der Waals surface area contributed by atoms with Gasteiger partial charge < -0.3 is 19.1 Å². The molecular weight excluding hydrogens is 348 g/mol. The number of carbonyl (C=O) groups is 2. The first-order chi connectivity index (χ1) is 13.2. The van der Waals surface area contributed by atoms with Crippen molar-refractivity contribution in [3.63, 3.8) is 0 Å². The van der Waals surface area contributed by atoms with E-state index < -0.39 is 0 Å². The highest BCUT2D eigenvalue weighted by molar-refractivity contribution is 5.76. The third kappa shape index (κ3) is 3.94. The molecule has 27 heavy (non-hydrogen) atoms. The molecule has 1 aromatic heterocycles. The molecule has 3 heterocycles. The third-order valence-corrected chi connectivity index (χ3v) is 5.10. The summed E-state index contributed by atoms with van der Waals surface area (Å²) in [6.45, 7) is 2.43. The molecule has 142 valence electrons. The molecule has 0 bridgehead atoms. The van der Waals surface area contributed by atoms with Gasteiger partial charge in [-0.2, -0.15) is 4.98 Å². The van der Waals surface area contributed by atoms with Gasteiger partial charge in [-0.1, -0.05) is 35.5 Å². The highest BCUT2D eigenvalue weighted by atomic mass is 16.6. The number of nitrogens with zero attached hydrogens (tertiary/aromatic N) is 4. The molecule has 2 aromatic rings. The number of aryl methyl sites for hydroxylation is 1. The van der Waals surface area contributed by atoms with Crippen molar-refractivity contribution in [2.24, 2.45) is 0 Å². The normalized spacial score (nSPS) is 18.0. The summed E-state index contributed by atoms with van der Waals surface area (Å²) in [5.41, 5.74) is 0.890. The van der Waals surface area contributed by atoms with E-state index in [1.807, 2.05) is 35.2 Å². The number of amides is 2. The Bertz CT molecular complexity index is 799. The number of ether oxygens (including phenoxy) is 1. The number of cyclic esters (lactones) is 1. The fourth-order valence-corrected chi connectivity index (χ4v) is 3.60. The first-order valence-corrected chi connectivity index (χ1v) is 9.30. The minimum absolute atomic E-state index is 0.0805. The Morgan fingerprint density at radius 2 is 1.93 bits per heavy atom. The molecule has 0 N–H and O–H groups in total. The van der Waals surface area contributed by atoms with Gasteiger partial charge in [0.05, 0.1) is 6.54 Å². The summed E-state index contributed by atoms with van der Waals surface area (Å²) in [7, 11) is 0. The quantitative estimate of drug-likeness (QED) is 0.801.